The van der Waals surface area contributed by atoms with Gasteiger partial charge in [0.05, 0.1) is 13.2 Å². The van der Waals surface area contributed by atoms with E-state index in [1.54, 1.807) is 0 Å². The van der Waals surface area contributed by atoms with Crippen molar-refractivity contribution in [1.29, 1.82) is 0 Å². The molecule has 5 nitrogen and oxygen atoms in total. The van der Waals surface area contributed by atoms with E-state index in [2.05, 4.69) is 9.47 Å². The van der Waals surface area contributed by atoms with E-state index in [-0.39, 0.29) is 42.8 Å². The number of ether oxygens (including phenoxy) is 2. The molecule has 0 bridgehead atoms. The van der Waals surface area contributed by atoms with Gasteiger partial charge in [0.15, 0.2) is 0 Å². The fourth-order valence-corrected chi connectivity index (χ4v) is 0.625. The normalized spacial score (nSPS) is 10.7. The summed E-state index contributed by atoms with van der Waals surface area (Å²) in [6, 6.07) is 0. The molecule has 0 saturated heterocycles. The number of methoxy groups -OCH3 is 1. The fourth-order valence-electron chi connectivity index (χ4n) is 0.303. The fraction of sp³-hybridized carbons (Fsp3) is 1.00. The molecule has 0 rings (SSSR count). The topological polar surface area (TPSA) is 75.7 Å². The Balaban J connectivity index is 0. The minimum absolute atomic E-state index is 0. The maximum atomic E-state index is 9.87. The summed E-state index contributed by atoms with van der Waals surface area (Å²) < 4.78 is 38.6. The minimum Gasteiger partial charge on any atom is -0.746 e. The van der Waals surface area contributed by atoms with Crippen LogP contribution in [0.25, 0.3) is 0 Å². The molecule has 0 radical (unpaired) electrons. The van der Waals surface area contributed by atoms with E-state index in [1.807, 2.05) is 0 Å². The van der Waals surface area contributed by atoms with Crippen LogP contribution in [-0.4, -0.2) is 39.2 Å². The molecule has 0 aliphatic rings. The second kappa shape index (κ2) is 7.48. The van der Waals surface area contributed by atoms with E-state index in [9.17, 15) is 13.0 Å². The SMILES string of the molecule is COCCOCS(=O)(=O)[O-].[Na+]. The van der Waals surface area contributed by atoms with Crippen LogP contribution < -0.4 is 29.6 Å². The van der Waals surface area contributed by atoms with Crippen LogP contribution >= 0.6 is 0 Å². The van der Waals surface area contributed by atoms with E-state index >= 15 is 0 Å². The van der Waals surface area contributed by atoms with Crippen molar-refractivity contribution < 1.29 is 52.0 Å². The van der Waals surface area contributed by atoms with Crippen molar-refractivity contribution in [1.82, 2.24) is 0 Å². The van der Waals surface area contributed by atoms with Gasteiger partial charge in [-0.2, -0.15) is 0 Å². The monoisotopic (exact) mass is 192 g/mol. The average molecular weight is 192 g/mol. The molecular formula is C4H9NaO5S. The van der Waals surface area contributed by atoms with E-state index < -0.39 is 16.1 Å². The summed E-state index contributed by atoms with van der Waals surface area (Å²) in [5.74, 6) is -0.781. The van der Waals surface area contributed by atoms with E-state index in [0.717, 1.165) is 0 Å². The third-order valence-electron chi connectivity index (χ3n) is 0.659. The Morgan fingerprint density at radius 2 is 1.91 bits per heavy atom. The molecule has 0 aliphatic heterocycles. The summed E-state index contributed by atoms with van der Waals surface area (Å²) in [5, 5.41) is 0. The molecule has 0 heterocycles. The first kappa shape index (κ1) is 14.4. The first-order valence-electron chi connectivity index (χ1n) is 2.56. The van der Waals surface area contributed by atoms with Gasteiger partial charge in [-0.15, -0.1) is 0 Å². The maximum absolute atomic E-state index is 9.87. The Bertz CT molecular complexity index is 165. The third kappa shape index (κ3) is 13.8. The molecule has 7 heteroatoms. The van der Waals surface area contributed by atoms with Crippen LogP contribution in [0.1, 0.15) is 0 Å². The van der Waals surface area contributed by atoms with Gasteiger partial charge in [0.2, 0.25) is 0 Å². The quantitative estimate of drug-likeness (QED) is 0.253. The standard InChI is InChI=1S/C4H10O5S.Na/c1-8-2-3-9-4-10(5,6)7;/h2-4H2,1H3,(H,5,6,7);/q;+1/p-1. The summed E-state index contributed by atoms with van der Waals surface area (Å²) in [4.78, 5) is 0. The molecule has 0 aromatic carbocycles. The Hall–Kier alpha value is 0.830. The van der Waals surface area contributed by atoms with Gasteiger partial charge in [-0.1, -0.05) is 0 Å². The Kier molecular flexibility index (Phi) is 9.76. The molecule has 0 aromatic heterocycles. The van der Waals surface area contributed by atoms with Crippen LogP contribution in [0.15, 0.2) is 0 Å². The maximum Gasteiger partial charge on any atom is 1.00 e. The molecular weight excluding hydrogens is 183 g/mol. The molecule has 62 valence electrons. The molecule has 0 unspecified atom stereocenters. The first-order valence-corrected chi connectivity index (χ1v) is 4.14. The summed E-state index contributed by atoms with van der Waals surface area (Å²) in [5.41, 5.74) is 0. The van der Waals surface area contributed by atoms with Crippen LogP contribution in [0.3, 0.4) is 0 Å². The van der Waals surface area contributed by atoms with Crippen molar-refractivity contribution in [3.8, 4) is 0 Å². The second-order valence-electron chi connectivity index (χ2n) is 1.58. The molecule has 0 saturated carbocycles. The molecule has 0 atom stereocenters. The smallest absolute Gasteiger partial charge is 0.746 e. The zero-order valence-electron chi connectivity index (χ0n) is 6.57. The van der Waals surface area contributed by atoms with Crippen LogP contribution in [0.5, 0.6) is 0 Å². The number of rotatable bonds is 5. The van der Waals surface area contributed by atoms with Gasteiger partial charge in [-0.05, 0) is 0 Å². The van der Waals surface area contributed by atoms with Crippen molar-refractivity contribution >= 4 is 10.1 Å². The number of hydrogen-bond acceptors (Lipinski definition) is 5. The molecule has 0 N–H and O–H groups in total. The molecule has 11 heavy (non-hydrogen) atoms. The largest absolute Gasteiger partial charge is 1.00 e. The van der Waals surface area contributed by atoms with Crippen molar-refractivity contribution in [2.24, 2.45) is 0 Å². The van der Waals surface area contributed by atoms with Crippen molar-refractivity contribution in [2.45, 2.75) is 0 Å². The predicted molar refractivity (Wildman–Crippen MR) is 32.4 cm³/mol. The zero-order chi connectivity index (χ0) is 8.04. The predicted octanol–water partition coefficient (Wildman–Crippen LogP) is -3.84. The molecule has 0 aromatic rings. The van der Waals surface area contributed by atoms with Crippen LogP contribution in [0.4, 0.5) is 0 Å². The van der Waals surface area contributed by atoms with Crippen LogP contribution in [0, 0.1) is 0 Å². The van der Waals surface area contributed by atoms with Crippen LogP contribution in [-0.2, 0) is 19.6 Å². The van der Waals surface area contributed by atoms with Crippen LogP contribution in [0.2, 0.25) is 0 Å². The van der Waals surface area contributed by atoms with Gasteiger partial charge in [-0.3, -0.25) is 0 Å². The first-order chi connectivity index (χ1) is 4.56. The Morgan fingerprint density at radius 1 is 1.36 bits per heavy atom. The number of hydrogen-bond donors (Lipinski definition) is 0. The van der Waals surface area contributed by atoms with E-state index in [0.29, 0.717) is 0 Å². The summed E-state index contributed by atoms with van der Waals surface area (Å²) >= 11 is 0. The van der Waals surface area contributed by atoms with Gasteiger partial charge in [-0.25, -0.2) is 8.42 Å². The van der Waals surface area contributed by atoms with Crippen molar-refractivity contribution in [3.05, 3.63) is 0 Å². The van der Waals surface area contributed by atoms with Gasteiger partial charge in [0.1, 0.15) is 16.1 Å². The van der Waals surface area contributed by atoms with Gasteiger partial charge in [0, 0.05) is 7.11 Å². The van der Waals surface area contributed by atoms with Gasteiger partial charge < -0.3 is 14.0 Å². The minimum atomic E-state index is -4.23. The summed E-state index contributed by atoms with van der Waals surface area (Å²) in [6.07, 6.45) is 0. The summed E-state index contributed by atoms with van der Waals surface area (Å²) in [7, 11) is -2.78. The Morgan fingerprint density at radius 3 is 2.27 bits per heavy atom. The average Bonchev–Trinajstić information content (AvgIpc) is 1.78. The van der Waals surface area contributed by atoms with E-state index in [4.69, 9.17) is 0 Å². The summed E-state index contributed by atoms with van der Waals surface area (Å²) in [6.45, 7) is 0.410. The second-order valence-corrected chi connectivity index (χ2v) is 2.93. The van der Waals surface area contributed by atoms with E-state index in [1.165, 1.54) is 7.11 Å². The molecule has 0 amide bonds. The third-order valence-corrected chi connectivity index (χ3v) is 1.11. The van der Waals surface area contributed by atoms with Gasteiger partial charge in [0.25, 0.3) is 0 Å². The van der Waals surface area contributed by atoms with Gasteiger partial charge >= 0.3 is 29.6 Å². The van der Waals surface area contributed by atoms with Crippen molar-refractivity contribution in [3.63, 3.8) is 0 Å². The molecule has 0 aliphatic carbocycles. The molecule has 0 spiro atoms. The zero-order valence-corrected chi connectivity index (χ0v) is 9.39. The molecule has 0 fully saturated rings. The van der Waals surface area contributed by atoms with Crippen molar-refractivity contribution in [2.75, 3.05) is 26.3 Å². The Labute approximate surface area is 88.1 Å².